The molecular formula is C18H30N6O6S. The average Bonchev–Trinajstić information content (AvgIpc) is 3.21. The Kier molecular flexibility index (Phi) is 11.0. The summed E-state index contributed by atoms with van der Waals surface area (Å²) in [6, 6.07) is -4.59. The van der Waals surface area contributed by atoms with Crippen LogP contribution in [0.5, 0.6) is 0 Å². The van der Waals surface area contributed by atoms with Crippen molar-refractivity contribution in [3.63, 3.8) is 0 Å². The third kappa shape index (κ3) is 8.94. The van der Waals surface area contributed by atoms with Gasteiger partial charge in [-0.3, -0.25) is 19.2 Å². The molecule has 3 amide bonds. The van der Waals surface area contributed by atoms with Gasteiger partial charge in [0.15, 0.2) is 0 Å². The third-order valence-electron chi connectivity index (χ3n) is 4.37. The molecule has 0 saturated carbocycles. The molecule has 0 aliphatic heterocycles. The summed E-state index contributed by atoms with van der Waals surface area (Å²) in [5.74, 6) is -2.76. The largest absolute Gasteiger partial charge is 0.480 e. The number of nitrogens with zero attached hydrogens (tertiary/aromatic N) is 1. The number of aliphatic carboxylic acids is 1. The normalized spacial score (nSPS) is 15.8. The van der Waals surface area contributed by atoms with Gasteiger partial charge in [0.25, 0.3) is 0 Å². The van der Waals surface area contributed by atoms with Crippen molar-refractivity contribution in [1.29, 1.82) is 0 Å². The van der Waals surface area contributed by atoms with Crippen molar-refractivity contribution in [2.75, 3.05) is 12.0 Å². The van der Waals surface area contributed by atoms with Crippen molar-refractivity contribution >= 4 is 35.5 Å². The zero-order valence-corrected chi connectivity index (χ0v) is 18.4. The lowest BCUT2D eigenvalue weighted by Crippen LogP contribution is -2.60. The fourth-order valence-electron chi connectivity index (χ4n) is 2.50. The van der Waals surface area contributed by atoms with Gasteiger partial charge in [-0.25, -0.2) is 4.98 Å². The number of amides is 3. The molecule has 5 atom stereocenters. The van der Waals surface area contributed by atoms with Crippen LogP contribution in [0.3, 0.4) is 0 Å². The van der Waals surface area contributed by atoms with Gasteiger partial charge in [0.1, 0.15) is 18.1 Å². The molecule has 0 aliphatic carbocycles. The highest BCUT2D eigenvalue weighted by atomic mass is 32.2. The number of hydrogen-bond donors (Lipinski definition) is 7. The fourth-order valence-corrected chi connectivity index (χ4v) is 2.99. The van der Waals surface area contributed by atoms with Crippen molar-refractivity contribution in [2.24, 2.45) is 5.73 Å². The minimum absolute atomic E-state index is 0.0342. The fraction of sp³-hybridized carbons (Fsp3) is 0.611. The molecule has 5 unspecified atom stereocenters. The number of carboxylic acid groups (broad SMARTS) is 1. The van der Waals surface area contributed by atoms with Gasteiger partial charge < -0.3 is 36.9 Å². The van der Waals surface area contributed by atoms with Gasteiger partial charge in [-0.15, -0.1) is 0 Å². The Morgan fingerprint density at radius 3 is 2.35 bits per heavy atom. The van der Waals surface area contributed by atoms with Crippen molar-refractivity contribution < 1.29 is 29.4 Å². The van der Waals surface area contributed by atoms with Crippen molar-refractivity contribution in [2.45, 2.75) is 57.0 Å². The van der Waals surface area contributed by atoms with Crippen molar-refractivity contribution in [1.82, 2.24) is 25.9 Å². The maximum Gasteiger partial charge on any atom is 0.325 e. The molecular weight excluding hydrogens is 428 g/mol. The molecule has 0 aromatic carbocycles. The van der Waals surface area contributed by atoms with Crippen LogP contribution < -0.4 is 21.7 Å². The second kappa shape index (κ2) is 12.9. The zero-order valence-electron chi connectivity index (χ0n) is 17.6. The van der Waals surface area contributed by atoms with E-state index in [2.05, 4.69) is 25.9 Å². The Bertz CT molecular complexity index is 744. The number of aliphatic hydroxyl groups is 1. The number of nitrogens with one attached hydrogen (secondary N) is 4. The lowest BCUT2D eigenvalue weighted by atomic mass is 10.1. The van der Waals surface area contributed by atoms with Crippen molar-refractivity contribution in [3.8, 4) is 0 Å². The molecule has 1 heterocycles. The summed E-state index contributed by atoms with van der Waals surface area (Å²) in [6.07, 6.45) is 3.90. The number of imidazole rings is 1. The molecule has 0 radical (unpaired) electrons. The molecule has 0 fully saturated rings. The Hall–Kier alpha value is -2.64. The van der Waals surface area contributed by atoms with Gasteiger partial charge in [-0.1, -0.05) is 0 Å². The second-order valence-corrected chi connectivity index (χ2v) is 8.01. The van der Waals surface area contributed by atoms with Crippen LogP contribution in [-0.4, -0.2) is 86.2 Å². The summed E-state index contributed by atoms with van der Waals surface area (Å²) in [7, 11) is 0. The van der Waals surface area contributed by atoms with E-state index in [1.807, 2.05) is 6.26 Å². The summed E-state index contributed by atoms with van der Waals surface area (Å²) in [5, 5.41) is 26.0. The number of carbonyl (C=O) groups excluding carboxylic acids is 3. The van der Waals surface area contributed by atoms with E-state index >= 15 is 0 Å². The summed E-state index contributed by atoms with van der Waals surface area (Å²) < 4.78 is 0. The van der Waals surface area contributed by atoms with Crippen molar-refractivity contribution in [3.05, 3.63) is 18.2 Å². The minimum atomic E-state index is -1.43. The summed E-state index contributed by atoms with van der Waals surface area (Å²) >= 11 is 1.53. The number of H-pyrrole nitrogens is 1. The van der Waals surface area contributed by atoms with E-state index in [1.54, 1.807) is 0 Å². The molecule has 1 aromatic heterocycles. The summed E-state index contributed by atoms with van der Waals surface area (Å²) in [5.41, 5.74) is 6.42. The lowest BCUT2D eigenvalue weighted by Gasteiger charge is -2.26. The highest BCUT2D eigenvalue weighted by Crippen LogP contribution is 2.04. The smallest absolute Gasteiger partial charge is 0.325 e. The molecule has 13 heteroatoms. The van der Waals surface area contributed by atoms with E-state index in [0.29, 0.717) is 17.9 Å². The number of aromatic nitrogens is 2. The molecule has 1 aromatic rings. The molecule has 31 heavy (non-hydrogen) atoms. The quantitative estimate of drug-likeness (QED) is 0.174. The van der Waals surface area contributed by atoms with E-state index in [0.717, 1.165) is 0 Å². The van der Waals surface area contributed by atoms with E-state index in [-0.39, 0.29) is 6.42 Å². The van der Waals surface area contributed by atoms with Gasteiger partial charge in [0.05, 0.1) is 18.5 Å². The van der Waals surface area contributed by atoms with Gasteiger partial charge in [0, 0.05) is 18.3 Å². The van der Waals surface area contributed by atoms with Crippen LogP contribution in [0.2, 0.25) is 0 Å². The number of aliphatic hydroxyl groups excluding tert-OH is 1. The molecule has 12 nitrogen and oxygen atoms in total. The summed E-state index contributed by atoms with van der Waals surface area (Å²) in [6.45, 7) is 2.52. The SMILES string of the molecule is CSCCC(N)C(=O)NC(Cc1cnc[nH]1)C(=O)NC(C(=O)NC(C)C(=O)O)C(C)O. The standard InChI is InChI=1S/C18H30N6O6S/c1-9(18(29)30)22-17(28)14(10(2)25)24-16(27)13(6-11-7-20-8-21-11)23-15(26)12(19)4-5-31-3/h7-10,12-14,25H,4-6,19H2,1-3H3,(H,20,21)(H,22,28)(H,23,26)(H,24,27)(H,29,30). The predicted molar refractivity (Wildman–Crippen MR) is 114 cm³/mol. The topological polar surface area (TPSA) is 200 Å². The maximum absolute atomic E-state index is 12.9. The average molecular weight is 459 g/mol. The number of carbonyl (C=O) groups is 4. The monoisotopic (exact) mass is 458 g/mol. The number of rotatable bonds is 13. The predicted octanol–water partition coefficient (Wildman–Crippen LogP) is -2.03. The van der Waals surface area contributed by atoms with E-state index in [1.165, 1.54) is 38.1 Å². The van der Waals surface area contributed by atoms with Gasteiger partial charge in [-0.05, 0) is 32.3 Å². The van der Waals surface area contributed by atoms with Gasteiger partial charge >= 0.3 is 5.97 Å². The molecule has 1 rings (SSSR count). The first-order valence-corrected chi connectivity index (χ1v) is 11.0. The molecule has 0 saturated heterocycles. The van der Waals surface area contributed by atoms with Gasteiger partial charge in [0.2, 0.25) is 17.7 Å². The van der Waals surface area contributed by atoms with Crippen LogP contribution in [0.1, 0.15) is 26.0 Å². The maximum atomic E-state index is 12.9. The van der Waals surface area contributed by atoms with Crippen LogP contribution in [0, 0.1) is 0 Å². The highest BCUT2D eigenvalue weighted by molar-refractivity contribution is 7.98. The minimum Gasteiger partial charge on any atom is -0.480 e. The lowest BCUT2D eigenvalue weighted by molar-refractivity contribution is -0.142. The molecule has 0 spiro atoms. The third-order valence-corrected chi connectivity index (χ3v) is 5.02. The van der Waals surface area contributed by atoms with Gasteiger partial charge in [-0.2, -0.15) is 11.8 Å². The Morgan fingerprint density at radius 1 is 1.16 bits per heavy atom. The second-order valence-electron chi connectivity index (χ2n) is 7.03. The molecule has 174 valence electrons. The Balaban J connectivity index is 2.94. The van der Waals surface area contributed by atoms with Crippen LogP contribution in [0.25, 0.3) is 0 Å². The first-order chi connectivity index (χ1) is 14.6. The van der Waals surface area contributed by atoms with Crippen LogP contribution in [-0.2, 0) is 25.6 Å². The first kappa shape index (κ1) is 26.4. The Labute approximate surface area is 184 Å². The van der Waals surface area contributed by atoms with E-state index in [4.69, 9.17) is 10.8 Å². The first-order valence-electron chi connectivity index (χ1n) is 9.60. The van der Waals surface area contributed by atoms with E-state index < -0.39 is 54.0 Å². The molecule has 8 N–H and O–H groups in total. The number of hydrogen-bond acceptors (Lipinski definition) is 8. The van der Waals surface area contributed by atoms with Crippen LogP contribution >= 0.6 is 11.8 Å². The van der Waals surface area contributed by atoms with Crippen LogP contribution in [0.15, 0.2) is 12.5 Å². The number of thioether (sulfide) groups is 1. The number of aromatic amines is 1. The Morgan fingerprint density at radius 2 is 1.84 bits per heavy atom. The molecule has 0 aliphatic rings. The van der Waals surface area contributed by atoms with E-state index in [9.17, 15) is 24.3 Å². The zero-order chi connectivity index (χ0) is 23.6. The molecule has 0 bridgehead atoms. The highest BCUT2D eigenvalue weighted by Gasteiger charge is 2.32. The van der Waals surface area contributed by atoms with Crippen LogP contribution in [0.4, 0.5) is 0 Å². The summed E-state index contributed by atoms with van der Waals surface area (Å²) in [4.78, 5) is 55.3. The number of carboxylic acids is 1. The number of nitrogens with two attached hydrogens (primary N) is 1.